The number of Topliss-reactive ketones (excluding diaryl/α,β-unsaturated/α-hetero) is 1. The van der Waals surface area contributed by atoms with Gasteiger partial charge in [0, 0.05) is 56.9 Å². The van der Waals surface area contributed by atoms with Crippen molar-refractivity contribution in [2.24, 2.45) is 11.7 Å². The number of methoxy groups -OCH3 is 1. The maximum atomic E-state index is 14.6. The van der Waals surface area contributed by atoms with Gasteiger partial charge >= 0.3 is 0 Å². The van der Waals surface area contributed by atoms with Gasteiger partial charge in [-0.25, -0.2) is 19.0 Å². The van der Waals surface area contributed by atoms with Crippen LogP contribution in [0.5, 0.6) is 0 Å². The first kappa shape index (κ1) is 29.1. The Morgan fingerprint density at radius 1 is 1.14 bits per heavy atom. The molecule has 1 fully saturated rings. The van der Waals surface area contributed by atoms with Gasteiger partial charge in [-0.3, -0.25) is 14.4 Å². The number of amides is 1. The minimum atomic E-state index is -0.971. The zero-order chi connectivity index (χ0) is 29.8. The molecule has 0 unspecified atom stereocenters. The number of primary amides is 1. The fraction of sp³-hybridized carbons (Fsp3) is 0.300. The van der Waals surface area contributed by atoms with E-state index in [0.717, 1.165) is 11.8 Å². The lowest BCUT2D eigenvalue weighted by Gasteiger charge is -2.17. The first-order valence-electron chi connectivity index (χ1n) is 13.4. The number of carbonyl (C=O) groups is 2. The first-order valence-corrected chi connectivity index (χ1v) is 13.4. The van der Waals surface area contributed by atoms with E-state index in [1.807, 2.05) is 30.3 Å². The fourth-order valence-electron chi connectivity index (χ4n) is 5.18. The third-order valence-electron chi connectivity index (χ3n) is 7.20. The Morgan fingerprint density at radius 2 is 1.93 bits per heavy atom. The summed E-state index contributed by atoms with van der Waals surface area (Å²) in [5.74, 6) is -2.77. The van der Waals surface area contributed by atoms with Crippen molar-refractivity contribution in [1.82, 2.24) is 24.8 Å². The molecule has 42 heavy (non-hydrogen) atoms. The average molecular weight is 577 g/mol. The molecule has 3 aromatic heterocycles. The number of nitrogens with two attached hydrogens (primary N) is 1. The van der Waals surface area contributed by atoms with Gasteiger partial charge in [0.2, 0.25) is 5.95 Å². The molecule has 1 aromatic carbocycles. The second-order valence-electron chi connectivity index (χ2n) is 10.1. The van der Waals surface area contributed by atoms with Crippen LogP contribution in [0, 0.1) is 24.6 Å². The van der Waals surface area contributed by atoms with Crippen LogP contribution >= 0.6 is 0 Å². The lowest BCUT2D eigenvalue weighted by Crippen LogP contribution is -2.24. The van der Waals surface area contributed by atoms with Crippen LogP contribution in [0.25, 0.3) is 16.9 Å². The Bertz CT molecular complexity index is 1600. The van der Waals surface area contributed by atoms with Crippen molar-refractivity contribution in [2.75, 3.05) is 26.8 Å². The molecule has 4 heterocycles. The quantitative estimate of drug-likeness (QED) is 0.268. The fourth-order valence-corrected chi connectivity index (χ4v) is 5.18. The summed E-state index contributed by atoms with van der Waals surface area (Å²) in [7, 11) is 1.59. The zero-order valence-electron chi connectivity index (χ0n) is 23.2. The van der Waals surface area contributed by atoms with E-state index in [2.05, 4.69) is 9.97 Å². The molecule has 4 aromatic rings. The summed E-state index contributed by atoms with van der Waals surface area (Å²) in [6, 6.07) is 13.4. The summed E-state index contributed by atoms with van der Waals surface area (Å²) in [5.41, 5.74) is 8.12. The van der Waals surface area contributed by atoms with Crippen LogP contribution in [0.3, 0.4) is 0 Å². The molecule has 2 atom stereocenters. The highest BCUT2D eigenvalue weighted by molar-refractivity contribution is 5.91. The van der Waals surface area contributed by atoms with Crippen LogP contribution in [0.2, 0.25) is 0 Å². The molecule has 0 bridgehead atoms. The standard InChI is InChI=1S/C30H30F2N6O4/c1-18-25(15-23(39)12-21-17-37(10-11-41-2)42-29(21)19-8-9-34-26(32)14-19)38(22-6-4-3-5-7-22)36-27(18)20-13-24(31)28(30(33)40)35-16-20/h3-9,13-14,16,21,29H,10-12,15,17H2,1-2H3,(H2,33,40)/t21-,29+/m1/s1. The molecule has 12 heteroatoms. The highest BCUT2D eigenvalue weighted by Gasteiger charge is 2.37. The average Bonchev–Trinajstić information content (AvgIpc) is 3.52. The number of hydrogen-bond donors (Lipinski definition) is 1. The molecule has 0 aliphatic carbocycles. The number of ketones is 1. The number of pyridine rings is 2. The molecular formula is C30H30F2N6O4. The van der Waals surface area contributed by atoms with E-state index >= 15 is 0 Å². The molecular weight excluding hydrogens is 546 g/mol. The van der Waals surface area contributed by atoms with Crippen LogP contribution in [-0.4, -0.2) is 63.3 Å². The van der Waals surface area contributed by atoms with Gasteiger partial charge in [-0.1, -0.05) is 18.2 Å². The third kappa shape index (κ3) is 6.25. The zero-order valence-corrected chi connectivity index (χ0v) is 23.2. The molecule has 0 radical (unpaired) electrons. The molecule has 0 spiro atoms. The smallest absolute Gasteiger partial charge is 0.270 e. The van der Waals surface area contributed by atoms with Gasteiger partial charge in [-0.15, -0.1) is 0 Å². The Balaban J connectivity index is 1.44. The minimum absolute atomic E-state index is 0.0367. The number of benzene rings is 1. The molecule has 2 N–H and O–H groups in total. The third-order valence-corrected chi connectivity index (χ3v) is 7.20. The van der Waals surface area contributed by atoms with Gasteiger partial charge < -0.3 is 10.5 Å². The summed E-state index contributed by atoms with van der Waals surface area (Å²) in [5, 5.41) is 6.45. The van der Waals surface area contributed by atoms with Gasteiger partial charge in [0.1, 0.15) is 11.9 Å². The van der Waals surface area contributed by atoms with E-state index in [1.165, 1.54) is 18.5 Å². The van der Waals surface area contributed by atoms with Crippen LogP contribution < -0.4 is 5.73 Å². The van der Waals surface area contributed by atoms with E-state index in [0.29, 0.717) is 47.8 Å². The van der Waals surface area contributed by atoms with Crippen molar-refractivity contribution >= 4 is 11.7 Å². The molecule has 1 aliphatic rings. The Morgan fingerprint density at radius 3 is 2.62 bits per heavy atom. The SMILES string of the molecule is COCCN1C[C@@H](CC(=O)Cc2c(C)c(-c3cnc(C(N)=O)c(F)c3)nn2-c2ccccc2)[C@H](c2ccnc(F)c2)O1. The number of carbonyl (C=O) groups excluding carboxylic acids is 2. The van der Waals surface area contributed by atoms with E-state index in [9.17, 15) is 18.4 Å². The summed E-state index contributed by atoms with van der Waals surface area (Å²) >= 11 is 0. The Kier molecular flexibility index (Phi) is 8.76. The second kappa shape index (κ2) is 12.6. The highest BCUT2D eigenvalue weighted by Crippen LogP contribution is 2.37. The molecule has 218 valence electrons. The van der Waals surface area contributed by atoms with E-state index in [4.69, 9.17) is 20.4 Å². The maximum Gasteiger partial charge on any atom is 0.270 e. The van der Waals surface area contributed by atoms with Crippen LogP contribution in [0.4, 0.5) is 8.78 Å². The van der Waals surface area contributed by atoms with Gasteiger partial charge in [-0.05, 0) is 48.4 Å². The molecule has 1 saturated heterocycles. The number of para-hydroxylation sites is 1. The number of aromatic nitrogens is 4. The van der Waals surface area contributed by atoms with Crippen LogP contribution in [0.1, 0.15) is 39.8 Å². The predicted molar refractivity (Wildman–Crippen MR) is 148 cm³/mol. The van der Waals surface area contributed by atoms with Crippen molar-refractivity contribution < 1.29 is 27.9 Å². The molecule has 1 amide bonds. The summed E-state index contributed by atoms with van der Waals surface area (Å²) in [4.78, 5) is 38.7. The van der Waals surface area contributed by atoms with Gasteiger partial charge in [0.25, 0.3) is 5.91 Å². The highest BCUT2D eigenvalue weighted by atomic mass is 19.1. The van der Waals surface area contributed by atoms with Crippen molar-refractivity contribution in [3.05, 3.63) is 95.2 Å². The number of halogens is 2. The van der Waals surface area contributed by atoms with E-state index in [1.54, 1.807) is 29.8 Å². The largest absolute Gasteiger partial charge is 0.383 e. The summed E-state index contributed by atoms with van der Waals surface area (Å²) in [6.45, 7) is 3.20. The van der Waals surface area contributed by atoms with Crippen molar-refractivity contribution in [2.45, 2.75) is 25.9 Å². The lowest BCUT2D eigenvalue weighted by atomic mass is 9.91. The number of hydroxylamine groups is 2. The normalized spacial score (nSPS) is 17.0. The molecule has 5 rings (SSSR count). The molecule has 0 saturated carbocycles. The maximum absolute atomic E-state index is 14.6. The van der Waals surface area contributed by atoms with Gasteiger partial charge in [0.05, 0.1) is 23.7 Å². The minimum Gasteiger partial charge on any atom is -0.383 e. The number of nitrogens with zero attached hydrogens (tertiary/aromatic N) is 5. The number of ether oxygens (including phenoxy) is 1. The van der Waals surface area contributed by atoms with Crippen LogP contribution in [0.15, 0.2) is 60.9 Å². The van der Waals surface area contributed by atoms with Gasteiger partial charge in [-0.2, -0.15) is 14.6 Å². The summed E-state index contributed by atoms with van der Waals surface area (Å²) in [6.07, 6.45) is 2.38. The Hall–Kier alpha value is -4.39. The predicted octanol–water partition coefficient (Wildman–Crippen LogP) is 3.77. The van der Waals surface area contributed by atoms with Crippen LogP contribution in [-0.2, 0) is 20.8 Å². The molecule has 1 aliphatic heterocycles. The Labute approximate surface area is 241 Å². The van der Waals surface area contributed by atoms with E-state index in [-0.39, 0.29) is 24.5 Å². The second-order valence-corrected chi connectivity index (χ2v) is 10.1. The lowest BCUT2D eigenvalue weighted by molar-refractivity contribution is -0.155. The first-order chi connectivity index (χ1) is 20.2. The van der Waals surface area contributed by atoms with Crippen molar-refractivity contribution in [1.29, 1.82) is 0 Å². The summed E-state index contributed by atoms with van der Waals surface area (Å²) < 4.78 is 35.4. The van der Waals surface area contributed by atoms with Crippen molar-refractivity contribution in [3.63, 3.8) is 0 Å². The number of hydrogen-bond acceptors (Lipinski definition) is 8. The van der Waals surface area contributed by atoms with Crippen molar-refractivity contribution in [3.8, 4) is 16.9 Å². The van der Waals surface area contributed by atoms with E-state index < -0.39 is 29.5 Å². The van der Waals surface area contributed by atoms with Gasteiger partial charge in [0.15, 0.2) is 11.5 Å². The monoisotopic (exact) mass is 576 g/mol. The molecule has 10 nitrogen and oxygen atoms in total. The topological polar surface area (TPSA) is 125 Å². The number of rotatable bonds is 11.